The van der Waals surface area contributed by atoms with Gasteiger partial charge in [0, 0.05) is 23.7 Å². The highest BCUT2D eigenvalue weighted by atomic mass is 32.2. The Labute approximate surface area is 151 Å². The predicted molar refractivity (Wildman–Crippen MR) is 102 cm³/mol. The van der Waals surface area contributed by atoms with Crippen LogP contribution in [-0.4, -0.2) is 23.0 Å². The number of nitrogens with one attached hydrogen (secondary N) is 1. The van der Waals surface area contributed by atoms with Crippen LogP contribution in [0, 0.1) is 0 Å². The maximum absolute atomic E-state index is 12.6. The molecule has 5 heteroatoms. The normalized spacial score (nSPS) is 15.6. The Bertz CT molecular complexity index is 832. The van der Waals surface area contributed by atoms with Gasteiger partial charge >= 0.3 is 0 Å². The number of amides is 2. The molecule has 4 nitrogen and oxygen atoms in total. The SMILES string of the molecule is CSc1cccc(NC(=O)C[C@H]2c3ccccc3C=CN2C(C)=O)c1. The summed E-state index contributed by atoms with van der Waals surface area (Å²) in [6.07, 6.45) is 5.88. The summed E-state index contributed by atoms with van der Waals surface area (Å²) in [5, 5.41) is 2.94. The van der Waals surface area contributed by atoms with Crippen molar-refractivity contribution >= 4 is 35.3 Å². The number of thioether (sulfide) groups is 1. The van der Waals surface area contributed by atoms with E-state index in [1.165, 1.54) is 6.92 Å². The third-order valence-corrected chi connectivity index (χ3v) is 4.93. The molecular weight excluding hydrogens is 332 g/mol. The van der Waals surface area contributed by atoms with Crippen LogP contribution in [0.4, 0.5) is 5.69 Å². The Morgan fingerprint density at radius 3 is 2.72 bits per heavy atom. The number of anilines is 1. The zero-order chi connectivity index (χ0) is 17.8. The fraction of sp³-hybridized carbons (Fsp3) is 0.200. The second kappa shape index (κ2) is 7.57. The summed E-state index contributed by atoms with van der Waals surface area (Å²) >= 11 is 1.63. The Morgan fingerprint density at radius 1 is 1.16 bits per heavy atom. The van der Waals surface area contributed by atoms with Crippen molar-refractivity contribution < 1.29 is 9.59 Å². The Hall–Kier alpha value is -2.53. The maximum atomic E-state index is 12.6. The first-order chi connectivity index (χ1) is 12.1. The molecule has 0 fully saturated rings. The molecule has 0 aliphatic carbocycles. The molecule has 0 radical (unpaired) electrons. The van der Waals surface area contributed by atoms with Gasteiger partial charge in [-0.25, -0.2) is 0 Å². The number of hydrogen-bond donors (Lipinski definition) is 1. The fourth-order valence-electron chi connectivity index (χ4n) is 3.00. The van der Waals surface area contributed by atoms with E-state index in [4.69, 9.17) is 0 Å². The Kier molecular flexibility index (Phi) is 5.24. The zero-order valence-corrected chi connectivity index (χ0v) is 15.0. The minimum absolute atomic E-state index is 0.0760. The number of carbonyl (C=O) groups is 2. The summed E-state index contributed by atoms with van der Waals surface area (Å²) in [6.45, 7) is 1.52. The minimum Gasteiger partial charge on any atom is -0.326 e. The van der Waals surface area contributed by atoms with E-state index >= 15 is 0 Å². The van der Waals surface area contributed by atoms with Crippen molar-refractivity contribution in [2.75, 3.05) is 11.6 Å². The van der Waals surface area contributed by atoms with E-state index in [0.717, 1.165) is 21.7 Å². The summed E-state index contributed by atoms with van der Waals surface area (Å²) in [4.78, 5) is 27.3. The molecule has 0 unspecified atom stereocenters. The smallest absolute Gasteiger partial charge is 0.226 e. The van der Waals surface area contributed by atoms with Crippen LogP contribution >= 0.6 is 11.8 Å². The lowest BCUT2D eigenvalue weighted by atomic mass is 9.93. The van der Waals surface area contributed by atoms with E-state index in [-0.39, 0.29) is 24.3 Å². The number of benzene rings is 2. The van der Waals surface area contributed by atoms with Crippen LogP contribution in [0.15, 0.2) is 59.6 Å². The van der Waals surface area contributed by atoms with Crippen molar-refractivity contribution in [3.05, 3.63) is 65.9 Å². The highest BCUT2D eigenvalue weighted by Crippen LogP contribution is 2.33. The van der Waals surface area contributed by atoms with Gasteiger partial charge in [-0.3, -0.25) is 9.59 Å². The third kappa shape index (κ3) is 3.94. The standard InChI is InChI=1S/C20H20N2O2S/c1-14(23)22-11-10-15-6-3-4-9-18(15)19(22)13-20(24)21-16-7-5-8-17(12-16)25-2/h3-12,19H,13H2,1-2H3,(H,21,24)/t19-/m0/s1. The highest BCUT2D eigenvalue weighted by molar-refractivity contribution is 7.98. The quantitative estimate of drug-likeness (QED) is 0.834. The van der Waals surface area contributed by atoms with E-state index in [0.29, 0.717) is 0 Å². The average Bonchev–Trinajstić information content (AvgIpc) is 2.61. The molecular formula is C20H20N2O2S. The number of carbonyl (C=O) groups excluding carboxylic acids is 2. The van der Waals surface area contributed by atoms with Crippen molar-refractivity contribution in [1.29, 1.82) is 0 Å². The van der Waals surface area contributed by atoms with Gasteiger partial charge in [0.1, 0.15) is 0 Å². The van der Waals surface area contributed by atoms with E-state index in [9.17, 15) is 9.59 Å². The number of nitrogens with zero attached hydrogens (tertiary/aromatic N) is 1. The van der Waals surface area contributed by atoms with Gasteiger partial charge in [0.15, 0.2) is 0 Å². The van der Waals surface area contributed by atoms with Gasteiger partial charge in [0.25, 0.3) is 0 Å². The first-order valence-electron chi connectivity index (χ1n) is 8.08. The van der Waals surface area contributed by atoms with Crippen molar-refractivity contribution in [2.45, 2.75) is 24.3 Å². The van der Waals surface area contributed by atoms with Crippen LogP contribution in [0.2, 0.25) is 0 Å². The molecule has 2 amide bonds. The summed E-state index contributed by atoms with van der Waals surface area (Å²) < 4.78 is 0. The van der Waals surface area contributed by atoms with Crippen molar-refractivity contribution in [3.63, 3.8) is 0 Å². The van der Waals surface area contributed by atoms with Crippen molar-refractivity contribution in [1.82, 2.24) is 4.90 Å². The van der Waals surface area contributed by atoms with Crippen LogP contribution < -0.4 is 5.32 Å². The first kappa shape index (κ1) is 17.3. The summed E-state index contributed by atoms with van der Waals surface area (Å²) in [5.74, 6) is -0.187. The predicted octanol–water partition coefficient (Wildman–Crippen LogP) is 4.31. The van der Waals surface area contributed by atoms with Crippen molar-refractivity contribution in [2.24, 2.45) is 0 Å². The van der Waals surface area contributed by atoms with E-state index in [1.54, 1.807) is 22.9 Å². The van der Waals surface area contributed by atoms with Crippen LogP contribution in [-0.2, 0) is 9.59 Å². The number of hydrogen-bond acceptors (Lipinski definition) is 3. The van der Waals surface area contributed by atoms with E-state index < -0.39 is 0 Å². The molecule has 1 aliphatic heterocycles. The molecule has 1 atom stereocenters. The number of fused-ring (bicyclic) bond motifs is 1. The largest absolute Gasteiger partial charge is 0.326 e. The van der Waals surface area contributed by atoms with Crippen LogP contribution in [0.1, 0.15) is 30.5 Å². The molecule has 0 saturated heterocycles. The lowest BCUT2D eigenvalue weighted by Crippen LogP contribution is -2.33. The first-order valence-corrected chi connectivity index (χ1v) is 9.31. The molecule has 2 aromatic carbocycles. The molecule has 0 spiro atoms. The van der Waals surface area contributed by atoms with Crippen LogP contribution in [0.25, 0.3) is 6.08 Å². The Balaban J connectivity index is 1.80. The van der Waals surface area contributed by atoms with Gasteiger partial charge < -0.3 is 10.2 Å². The fourth-order valence-corrected chi connectivity index (χ4v) is 3.46. The lowest BCUT2D eigenvalue weighted by Gasteiger charge is -2.32. The van der Waals surface area contributed by atoms with Crippen LogP contribution in [0.5, 0.6) is 0 Å². The van der Waals surface area contributed by atoms with Gasteiger partial charge in [-0.05, 0) is 41.7 Å². The number of rotatable bonds is 4. The molecule has 128 valence electrons. The zero-order valence-electron chi connectivity index (χ0n) is 14.2. The topological polar surface area (TPSA) is 49.4 Å². The summed E-state index contributed by atoms with van der Waals surface area (Å²) in [6, 6.07) is 15.3. The third-order valence-electron chi connectivity index (χ3n) is 4.20. The molecule has 2 aromatic rings. The summed E-state index contributed by atoms with van der Waals surface area (Å²) in [7, 11) is 0. The molecule has 1 N–H and O–H groups in total. The van der Waals surface area contributed by atoms with Gasteiger partial charge in [0.05, 0.1) is 12.5 Å². The second-order valence-electron chi connectivity index (χ2n) is 5.87. The van der Waals surface area contributed by atoms with E-state index in [2.05, 4.69) is 5.32 Å². The van der Waals surface area contributed by atoms with Gasteiger partial charge in [-0.1, -0.05) is 30.3 Å². The molecule has 0 aromatic heterocycles. The molecule has 1 aliphatic rings. The molecule has 25 heavy (non-hydrogen) atoms. The van der Waals surface area contributed by atoms with Gasteiger partial charge in [-0.2, -0.15) is 0 Å². The van der Waals surface area contributed by atoms with Gasteiger partial charge in [-0.15, -0.1) is 11.8 Å². The second-order valence-corrected chi connectivity index (χ2v) is 6.75. The molecule has 1 heterocycles. The average molecular weight is 352 g/mol. The Morgan fingerprint density at radius 2 is 1.96 bits per heavy atom. The maximum Gasteiger partial charge on any atom is 0.226 e. The van der Waals surface area contributed by atoms with Crippen molar-refractivity contribution in [3.8, 4) is 0 Å². The molecule has 3 rings (SSSR count). The lowest BCUT2D eigenvalue weighted by molar-refractivity contribution is -0.129. The van der Waals surface area contributed by atoms with Crippen LogP contribution in [0.3, 0.4) is 0 Å². The summed E-state index contributed by atoms with van der Waals surface area (Å²) in [5.41, 5.74) is 2.81. The highest BCUT2D eigenvalue weighted by Gasteiger charge is 2.28. The van der Waals surface area contributed by atoms with E-state index in [1.807, 2.05) is 60.9 Å². The molecule has 0 saturated carbocycles. The van der Waals surface area contributed by atoms with Gasteiger partial charge in [0.2, 0.25) is 11.8 Å². The molecule has 0 bridgehead atoms. The minimum atomic E-state index is -0.289. The monoisotopic (exact) mass is 352 g/mol.